The van der Waals surface area contributed by atoms with Crippen molar-refractivity contribution in [2.45, 2.75) is 44.6 Å². The van der Waals surface area contributed by atoms with Crippen molar-refractivity contribution in [3.05, 3.63) is 29.8 Å². The third-order valence-corrected chi connectivity index (χ3v) is 3.10. The van der Waals surface area contributed by atoms with E-state index in [1.165, 1.54) is 5.56 Å². The molecule has 0 saturated heterocycles. The summed E-state index contributed by atoms with van der Waals surface area (Å²) < 4.78 is 5.87. The standard InChI is InChI=1S/C14H21NO/c1-13(2,3)11-6-4-5-7-12(11)16-10-14(15)8-9-14/h4-7H,8-10,15H2,1-3H3. The van der Waals surface area contributed by atoms with Gasteiger partial charge in [-0.1, -0.05) is 39.0 Å². The molecule has 0 unspecified atom stereocenters. The largest absolute Gasteiger partial charge is 0.491 e. The van der Waals surface area contributed by atoms with E-state index in [4.69, 9.17) is 10.5 Å². The van der Waals surface area contributed by atoms with Gasteiger partial charge >= 0.3 is 0 Å². The van der Waals surface area contributed by atoms with Crippen LogP contribution in [0.2, 0.25) is 0 Å². The fourth-order valence-electron chi connectivity index (χ4n) is 1.74. The van der Waals surface area contributed by atoms with E-state index >= 15 is 0 Å². The molecule has 0 aromatic heterocycles. The van der Waals surface area contributed by atoms with E-state index in [-0.39, 0.29) is 11.0 Å². The third kappa shape index (κ3) is 2.56. The molecule has 1 fully saturated rings. The highest BCUT2D eigenvalue weighted by Gasteiger charge is 2.39. The van der Waals surface area contributed by atoms with E-state index in [9.17, 15) is 0 Å². The van der Waals surface area contributed by atoms with Gasteiger partial charge in [0.05, 0.1) is 5.54 Å². The van der Waals surface area contributed by atoms with Crippen molar-refractivity contribution < 1.29 is 4.74 Å². The van der Waals surface area contributed by atoms with Crippen LogP contribution in [0.25, 0.3) is 0 Å². The summed E-state index contributed by atoms with van der Waals surface area (Å²) in [5.74, 6) is 0.978. The quantitative estimate of drug-likeness (QED) is 0.848. The zero-order valence-electron chi connectivity index (χ0n) is 10.4. The monoisotopic (exact) mass is 219 g/mol. The van der Waals surface area contributed by atoms with Gasteiger partial charge in [-0.25, -0.2) is 0 Å². The Labute approximate surface area is 97.8 Å². The summed E-state index contributed by atoms with van der Waals surface area (Å²) in [6, 6.07) is 8.24. The average molecular weight is 219 g/mol. The molecule has 0 heterocycles. The summed E-state index contributed by atoms with van der Waals surface area (Å²) in [5.41, 5.74) is 7.34. The van der Waals surface area contributed by atoms with Crippen molar-refractivity contribution in [3.63, 3.8) is 0 Å². The van der Waals surface area contributed by atoms with Crippen LogP contribution in [-0.4, -0.2) is 12.1 Å². The topological polar surface area (TPSA) is 35.2 Å². The maximum atomic E-state index is 6.03. The molecule has 0 radical (unpaired) electrons. The van der Waals surface area contributed by atoms with Gasteiger partial charge in [-0.15, -0.1) is 0 Å². The van der Waals surface area contributed by atoms with Gasteiger partial charge in [0.25, 0.3) is 0 Å². The first-order valence-electron chi connectivity index (χ1n) is 5.92. The molecule has 88 valence electrons. The van der Waals surface area contributed by atoms with E-state index in [1.54, 1.807) is 0 Å². The molecule has 0 amide bonds. The van der Waals surface area contributed by atoms with Crippen molar-refractivity contribution in [2.75, 3.05) is 6.61 Å². The number of ether oxygens (including phenoxy) is 1. The average Bonchev–Trinajstić information content (AvgIpc) is 2.94. The van der Waals surface area contributed by atoms with Crippen molar-refractivity contribution in [3.8, 4) is 5.75 Å². The Morgan fingerprint density at radius 3 is 2.44 bits per heavy atom. The number of nitrogens with two attached hydrogens (primary N) is 1. The third-order valence-electron chi connectivity index (χ3n) is 3.10. The summed E-state index contributed by atoms with van der Waals surface area (Å²) in [6.07, 6.45) is 2.18. The highest BCUT2D eigenvalue weighted by atomic mass is 16.5. The van der Waals surface area contributed by atoms with E-state index in [0.29, 0.717) is 6.61 Å². The molecule has 0 aliphatic heterocycles. The number of hydrogen-bond donors (Lipinski definition) is 1. The first-order chi connectivity index (χ1) is 7.41. The minimum Gasteiger partial charge on any atom is -0.491 e. The first kappa shape index (κ1) is 11.5. The Kier molecular flexibility index (Phi) is 2.70. The normalized spacial score (nSPS) is 18.2. The SMILES string of the molecule is CC(C)(C)c1ccccc1OCC1(N)CC1. The van der Waals surface area contributed by atoms with Gasteiger partial charge in [-0.3, -0.25) is 0 Å². The second-order valence-corrected chi connectivity index (χ2v) is 5.90. The summed E-state index contributed by atoms with van der Waals surface area (Å²) in [6.45, 7) is 7.24. The number of benzene rings is 1. The summed E-state index contributed by atoms with van der Waals surface area (Å²) in [5, 5.41) is 0. The Morgan fingerprint density at radius 1 is 1.25 bits per heavy atom. The minimum absolute atomic E-state index is 0.0506. The van der Waals surface area contributed by atoms with Crippen LogP contribution in [0, 0.1) is 0 Å². The Hall–Kier alpha value is -1.02. The molecule has 2 N–H and O–H groups in total. The fraction of sp³-hybridized carbons (Fsp3) is 0.571. The first-order valence-corrected chi connectivity index (χ1v) is 5.92. The van der Waals surface area contributed by atoms with Crippen LogP contribution < -0.4 is 10.5 Å². The minimum atomic E-state index is -0.0506. The van der Waals surface area contributed by atoms with E-state index < -0.39 is 0 Å². The molecule has 1 saturated carbocycles. The molecule has 2 heteroatoms. The van der Waals surface area contributed by atoms with Gasteiger partial charge in [0.1, 0.15) is 12.4 Å². The van der Waals surface area contributed by atoms with E-state index in [1.807, 2.05) is 12.1 Å². The molecule has 2 rings (SSSR count). The van der Waals surface area contributed by atoms with Crippen LogP contribution in [0.4, 0.5) is 0 Å². The zero-order chi connectivity index (χ0) is 11.8. The van der Waals surface area contributed by atoms with E-state index in [0.717, 1.165) is 18.6 Å². The number of hydrogen-bond acceptors (Lipinski definition) is 2. The number of para-hydroxylation sites is 1. The molecular weight excluding hydrogens is 198 g/mol. The lowest BCUT2D eigenvalue weighted by Crippen LogP contribution is -2.30. The van der Waals surface area contributed by atoms with Crippen molar-refractivity contribution in [2.24, 2.45) is 5.73 Å². The van der Waals surface area contributed by atoms with Gasteiger partial charge < -0.3 is 10.5 Å². The van der Waals surface area contributed by atoms with Gasteiger partial charge in [-0.2, -0.15) is 0 Å². The maximum absolute atomic E-state index is 6.03. The van der Waals surface area contributed by atoms with Gasteiger partial charge in [0, 0.05) is 0 Å². The summed E-state index contributed by atoms with van der Waals surface area (Å²) in [7, 11) is 0. The van der Waals surface area contributed by atoms with Crippen LogP contribution in [0.3, 0.4) is 0 Å². The second kappa shape index (κ2) is 3.77. The van der Waals surface area contributed by atoms with Crippen molar-refractivity contribution in [1.82, 2.24) is 0 Å². The molecule has 1 aromatic rings. The van der Waals surface area contributed by atoms with Crippen LogP contribution in [0.1, 0.15) is 39.2 Å². The molecule has 1 aliphatic carbocycles. The van der Waals surface area contributed by atoms with E-state index in [2.05, 4.69) is 32.9 Å². The number of rotatable bonds is 3. The smallest absolute Gasteiger partial charge is 0.123 e. The molecule has 2 nitrogen and oxygen atoms in total. The zero-order valence-corrected chi connectivity index (χ0v) is 10.4. The molecule has 1 aliphatic rings. The van der Waals surface area contributed by atoms with Crippen molar-refractivity contribution in [1.29, 1.82) is 0 Å². The summed E-state index contributed by atoms with van der Waals surface area (Å²) >= 11 is 0. The fourth-order valence-corrected chi connectivity index (χ4v) is 1.74. The van der Waals surface area contributed by atoms with Gasteiger partial charge in [-0.05, 0) is 29.9 Å². The van der Waals surface area contributed by atoms with Crippen LogP contribution in [0.5, 0.6) is 5.75 Å². The molecule has 16 heavy (non-hydrogen) atoms. The lowest BCUT2D eigenvalue weighted by atomic mass is 9.86. The second-order valence-electron chi connectivity index (χ2n) is 5.90. The molecular formula is C14H21NO. The molecule has 1 aromatic carbocycles. The van der Waals surface area contributed by atoms with Crippen LogP contribution >= 0.6 is 0 Å². The molecule has 0 bridgehead atoms. The van der Waals surface area contributed by atoms with Crippen LogP contribution in [0.15, 0.2) is 24.3 Å². The highest BCUT2D eigenvalue weighted by molar-refractivity contribution is 5.38. The van der Waals surface area contributed by atoms with Gasteiger partial charge in [0.2, 0.25) is 0 Å². The lowest BCUT2D eigenvalue weighted by molar-refractivity contribution is 0.273. The summed E-state index contributed by atoms with van der Waals surface area (Å²) in [4.78, 5) is 0. The predicted octanol–water partition coefficient (Wildman–Crippen LogP) is 2.85. The van der Waals surface area contributed by atoms with Crippen LogP contribution in [-0.2, 0) is 5.41 Å². The Bertz CT molecular complexity index is 375. The maximum Gasteiger partial charge on any atom is 0.123 e. The van der Waals surface area contributed by atoms with Gasteiger partial charge in [0.15, 0.2) is 0 Å². The molecule has 0 spiro atoms. The Balaban J connectivity index is 2.13. The lowest BCUT2D eigenvalue weighted by Gasteiger charge is -2.23. The Morgan fingerprint density at radius 2 is 1.88 bits per heavy atom. The molecule has 0 atom stereocenters. The van der Waals surface area contributed by atoms with Crippen molar-refractivity contribution >= 4 is 0 Å². The predicted molar refractivity (Wildman–Crippen MR) is 66.8 cm³/mol. The highest BCUT2D eigenvalue weighted by Crippen LogP contribution is 2.35.